The van der Waals surface area contributed by atoms with Gasteiger partial charge < -0.3 is 5.32 Å². The van der Waals surface area contributed by atoms with Crippen molar-refractivity contribution in [1.82, 2.24) is 15.0 Å². The minimum absolute atomic E-state index is 0.0348. The van der Waals surface area contributed by atoms with Gasteiger partial charge in [-0.15, -0.1) is 0 Å². The minimum Gasteiger partial charge on any atom is -0.370 e. The monoisotopic (exact) mass is 373 g/mol. The van der Waals surface area contributed by atoms with Crippen LogP contribution in [0.25, 0.3) is 0 Å². The number of hydrogen-bond donors (Lipinski definition) is 1. The molecular weight excluding hydrogens is 350 g/mol. The quantitative estimate of drug-likeness (QED) is 0.749. The average Bonchev–Trinajstić information content (AvgIpc) is 2.93. The molecule has 0 aromatic carbocycles. The van der Waals surface area contributed by atoms with Crippen LogP contribution in [0.4, 0.5) is 11.6 Å². The van der Waals surface area contributed by atoms with Crippen LogP contribution in [0.3, 0.4) is 0 Å². The van der Waals surface area contributed by atoms with Crippen molar-refractivity contribution in [2.24, 2.45) is 0 Å². The number of carbonyl (C=O) groups is 1. The van der Waals surface area contributed by atoms with Gasteiger partial charge >= 0.3 is 0 Å². The van der Waals surface area contributed by atoms with Crippen molar-refractivity contribution in [3.8, 4) is 0 Å². The first-order valence-corrected chi connectivity index (χ1v) is 10.1. The van der Waals surface area contributed by atoms with Crippen LogP contribution in [0.1, 0.15) is 37.1 Å². The van der Waals surface area contributed by atoms with E-state index < -0.39 is 10.8 Å². The summed E-state index contributed by atoms with van der Waals surface area (Å²) in [5.41, 5.74) is 2.63. The Balaban J connectivity index is 1.99. The molecule has 1 aliphatic rings. The summed E-state index contributed by atoms with van der Waals surface area (Å²) in [7, 11) is -1.28. The lowest BCUT2D eigenvalue weighted by molar-refractivity contribution is -0.117. The van der Waals surface area contributed by atoms with Crippen molar-refractivity contribution in [2.75, 3.05) is 22.5 Å². The molecule has 0 saturated heterocycles. The van der Waals surface area contributed by atoms with Crippen molar-refractivity contribution in [3.63, 3.8) is 0 Å². The first-order chi connectivity index (χ1) is 12.5. The SMILES string of the molecule is CCCS(=O)c1nc(NCC)c2c(n1)N(Cc1ccc(C)nc1)C(=O)C2. The predicted octanol–water partition coefficient (Wildman–Crippen LogP) is 2.22. The zero-order valence-electron chi connectivity index (χ0n) is 15.3. The standard InChI is InChI=1S/C18H23N5O2S/c1-4-8-26(25)18-21-16(19-5-2)14-9-15(24)23(17(14)22-18)11-13-7-6-12(3)20-10-13/h6-7,10H,4-5,8-9,11H2,1-3H3,(H,19,21,22). The maximum atomic E-state index is 12.6. The summed E-state index contributed by atoms with van der Waals surface area (Å²) in [6.45, 7) is 6.91. The minimum atomic E-state index is -1.28. The van der Waals surface area contributed by atoms with E-state index in [0.29, 0.717) is 30.5 Å². The molecule has 7 nitrogen and oxygen atoms in total. The zero-order valence-corrected chi connectivity index (χ0v) is 16.1. The van der Waals surface area contributed by atoms with E-state index in [-0.39, 0.29) is 17.5 Å². The lowest BCUT2D eigenvalue weighted by Crippen LogP contribution is -2.27. The van der Waals surface area contributed by atoms with Crippen molar-refractivity contribution < 1.29 is 9.00 Å². The van der Waals surface area contributed by atoms with Crippen molar-refractivity contribution in [2.45, 2.75) is 45.3 Å². The Morgan fingerprint density at radius 2 is 2.08 bits per heavy atom. The van der Waals surface area contributed by atoms with Crippen LogP contribution in [0, 0.1) is 6.92 Å². The summed E-state index contributed by atoms with van der Waals surface area (Å²) in [6.07, 6.45) is 2.79. The number of anilines is 2. The van der Waals surface area contributed by atoms with E-state index in [9.17, 15) is 9.00 Å². The Morgan fingerprint density at radius 1 is 1.27 bits per heavy atom. The van der Waals surface area contributed by atoms with Gasteiger partial charge in [-0.3, -0.25) is 18.9 Å². The van der Waals surface area contributed by atoms with Crippen LogP contribution in [0.2, 0.25) is 0 Å². The van der Waals surface area contributed by atoms with Crippen LogP contribution in [-0.4, -0.2) is 37.4 Å². The average molecular weight is 373 g/mol. The number of amides is 1. The van der Waals surface area contributed by atoms with E-state index in [4.69, 9.17) is 0 Å². The lowest BCUT2D eigenvalue weighted by Gasteiger charge is -2.18. The number of rotatable bonds is 7. The molecule has 2 aromatic rings. The Labute approximate surface area is 155 Å². The van der Waals surface area contributed by atoms with Gasteiger partial charge in [0, 0.05) is 29.8 Å². The van der Waals surface area contributed by atoms with Gasteiger partial charge in [-0.05, 0) is 31.9 Å². The van der Waals surface area contributed by atoms with Gasteiger partial charge in [-0.1, -0.05) is 13.0 Å². The fraction of sp³-hybridized carbons (Fsp3) is 0.444. The third-order valence-corrected chi connectivity index (χ3v) is 5.47. The molecule has 1 aliphatic heterocycles. The van der Waals surface area contributed by atoms with E-state index >= 15 is 0 Å². The van der Waals surface area contributed by atoms with E-state index in [2.05, 4.69) is 20.3 Å². The zero-order chi connectivity index (χ0) is 18.7. The van der Waals surface area contributed by atoms with Crippen molar-refractivity contribution in [1.29, 1.82) is 0 Å². The summed E-state index contributed by atoms with van der Waals surface area (Å²) in [5.74, 6) is 1.63. The number of aromatic nitrogens is 3. The molecule has 26 heavy (non-hydrogen) atoms. The van der Waals surface area contributed by atoms with E-state index in [0.717, 1.165) is 23.2 Å². The number of carbonyl (C=O) groups excluding carboxylic acids is 1. The molecule has 0 saturated carbocycles. The normalized spacial score (nSPS) is 14.4. The molecule has 1 amide bonds. The van der Waals surface area contributed by atoms with Gasteiger partial charge in [-0.25, -0.2) is 9.97 Å². The number of aryl methyl sites for hydroxylation is 1. The summed E-state index contributed by atoms with van der Waals surface area (Å²) < 4.78 is 12.4. The number of nitrogens with zero attached hydrogens (tertiary/aromatic N) is 4. The summed E-state index contributed by atoms with van der Waals surface area (Å²) in [6, 6.07) is 3.87. The van der Waals surface area contributed by atoms with Crippen LogP contribution in [0.15, 0.2) is 23.5 Å². The number of hydrogen-bond acceptors (Lipinski definition) is 6. The third kappa shape index (κ3) is 3.75. The van der Waals surface area contributed by atoms with Gasteiger partial charge in [0.05, 0.1) is 23.8 Å². The molecule has 8 heteroatoms. The fourth-order valence-electron chi connectivity index (χ4n) is 2.83. The fourth-order valence-corrected chi connectivity index (χ4v) is 3.77. The maximum Gasteiger partial charge on any atom is 0.233 e. The number of pyridine rings is 1. The highest BCUT2D eigenvalue weighted by molar-refractivity contribution is 7.84. The summed E-state index contributed by atoms with van der Waals surface area (Å²) in [5, 5.41) is 3.46. The van der Waals surface area contributed by atoms with Crippen molar-refractivity contribution in [3.05, 3.63) is 35.2 Å². The first kappa shape index (κ1) is 18.4. The topological polar surface area (TPSA) is 88.1 Å². The molecule has 0 radical (unpaired) electrons. The second-order valence-electron chi connectivity index (χ2n) is 6.20. The molecule has 0 fully saturated rings. The molecule has 0 bridgehead atoms. The van der Waals surface area contributed by atoms with Crippen LogP contribution < -0.4 is 10.2 Å². The van der Waals surface area contributed by atoms with Gasteiger partial charge in [0.1, 0.15) is 11.6 Å². The van der Waals surface area contributed by atoms with E-state index in [1.54, 1.807) is 11.1 Å². The second kappa shape index (κ2) is 7.90. The Kier molecular flexibility index (Phi) is 5.61. The molecule has 0 aliphatic carbocycles. The molecular formula is C18H23N5O2S. The molecule has 3 rings (SSSR count). The van der Waals surface area contributed by atoms with Crippen LogP contribution in [0.5, 0.6) is 0 Å². The maximum absolute atomic E-state index is 12.6. The first-order valence-electron chi connectivity index (χ1n) is 8.78. The lowest BCUT2D eigenvalue weighted by atomic mass is 10.2. The molecule has 0 spiro atoms. The van der Waals surface area contributed by atoms with Crippen molar-refractivity contribution >= 4 is 28.3 Å². The highest BCUT2D eigenvalue weighted by Crippen LogP contribution is 2.33. The Morgan fingerprint density at radius 3 is 2.73 bits per heavy atom. The molecule has 1 unspecified atom stereocenters. The summed E-state index contributed by atoms with van der Waals surface area (Å²) >= 11 is 0. The Hall–Kier alpha value is -2.35. The second-order valence-corrected chi connectivity index (χ2v) is 7.67. The number of nitrogens with one attached hydrogen (secondary N) is 1. The van der Waals surface area contributed by atoms with E-state index in [1.165, 1.54) is 0 Å². The van der Waals surface area contributed by atoms with Gasteiger partial charge in [0.2, 0.25) is 11.1 Å². The van der Waals surface area contributed by atoms with Crippen LogP contribution in [-0.2, 0) is 28.6 Å². The smallest absolute Gasteiger partial charge is 0.233 e. The van der Waals surface area contributed by atoms with Gasteiger partial charge in [0.25, 0.3) is 0 Å². The summed E-state index contributed by atoms with van der Waals surface area (Å²) in [4.78, 5) is 27.4. The molecule has 3 heterocycles. The predicted molar refractivity (Wildman–Crippen MR) is 102 cm³/mol. The Bertz CT molecular complexity index is 838. The highest BCUT2D eigenvalue weighted by atomic mass is 32.2. The largest absolute Gasteiger partial charge is 0.370 e. The molecule has 1 atom stereocenters. The van der Waals surface area contributed by atoms with Gasteiger partial charge in [-0.2, -0.15) is 0 Å². The van der Waals surface area contributed by atoms with Gasteiger partial charge in [0.15, 0.2) is 0 Å². The molecule has 138 valence electrons. The molecule has 2 aromatic heterocycles. The van der Waals surface area contributed by atoms with Crippen LogP contribution >= 0.6 is 0 Å². The third-order valence-electron chi connectivity index (χ3n) is 4.10. The highest BCUT2D eigenvalue weighted by Gasteiger charge is 2.33. The number of fused-ring (bicyclic) bond motifs is 1. The molecule has 1 N–H and O–H groups in total. The van der Waals surface area contributed by atoms with E-state index in [1.807, 2.05) is 32.9 Å².